The highest BCUT2D eigenvalue weighted by atomic mass is 32.2. The van der Waals surface area contributed by atoms with Crippen LogP contribution in [0.5, 0.6) is 0 Å². The number of nitrogens with one attached hydrogen (secondary N) is 1. The first-order valence-electron chi connectivity index (χ1n) is 7.46. The van der Waals surface area contributed by atoms with Gasteiger partial charge in [-0.3, -0.25) is 14.2 Å². The van der Waals surface area contributed by atoms with E-state index in [0.717, 1.165) is 11.8 Å². The largest absolute Gasteiger partial charge is 0.461 e. The maximum absolute atomic E-state index is 13.1. The van der Waals surface area contributed by atoms with Crippen LogP contribution in [0.15, 0.2) is 52.2 Å². The molecular weight excluding hydrogens is 361 g/mol. The topological polar surface area (TPSA) is 116 Å². The predicted molar refractivity (Wildman–Crippen MR) is 92.7 cm³/mol. The van der Waals surface area contributed by atoms with Gasteiger partial charge in [0.1, 0.15) is 12.4 Å². The maximum atomic E-state index is 13.1. The number of furan rings is 1. The summed E-state index contributed by atoms with van der Waals surface area (Å²) in [5.74, 6) is -0.625. The molecule has 2 aromatic heterocycles. The summed E-state index contributed by atoms with van der Waals surface area (Å²) >= 11 is 1.07. The van der Waals surface area contributed by atoms with Crippen molar-refractivity contribution in [3.05, 3.63) is 48.5 Å². The minimum absolute atomic E-state index is 0.00837. The van der Waals surface area contributed by atoms with Gasteiger partial charge in [0.25, 0.3) is 0 Å². The Bertz CT molecular complexity index is 926. The van der Waals surface area contributed by atoms with Crippen LogP contribution in [0.1, 0.15) is 0 Å². The standard InChI is InChI=1S/C16H14FN5O3S/c17-10-3-1-4-11(7-10)19-14(24)9-26-16-21-20-15(12-5-2-6-25-12)22(16)8-13(18)23/h1-7H,8-9H2,(H2,18,23)(H,19,24). The van der Waals surface area contributed by atoms with Gasteiger partial charge in [0.15, 0.2) is 10.9 Å². The van der Waals surface area contributed by atoms with Crippen LogP contribution in [0.4, 0.5) is 10.1 Å². The van der Waals surface area contributed by atoms with E-state index in [2.05, 4.69) is 15.5 Å². The van der Waals surface area contributed by atoms with E-state index in [4.69, 9.17) is 10.2 Å². The molecule has 0 atom stereocenters. The van der Waals surface area contributed by atoms with Crippen LogP contribution >= 0.6 is 11.8 Å². The number of thioether (sulfide) groups is 1. The summed E-state index contributed by atoms with van der Waals surface area (Å²) in [5, 5.41) is 10.9. The minimum Gasteiger partial charge on any atom is -0.461 e. The lowest BCUT2D eigenvalue weighted by atomic mass is 10.3. The lowest BCUT2D eigenvalue weighted by Gasteiger charge is -2.07. The Morgan fingerprint density at radius 2 is 2.12 bits per heavy atom. The molecule has 0 fully saturated rings. The third-order valence-electron chi connectivity index (χ3n) is 3.21. The van der Waals surface area contributed by atoms with Gasteiger partial charge in [-0.05, 0) is 30.3 Å². The fourth-order valence-electron chi connectivity index (χ4n) is 2.18. The number of nitrogens with zero attached hydrogens (tertiary/aromatic N) is 3. The Labute approximate surface area is 151 Å². The van der Waals surface area contributed by atoms with Gasteiger partial charge < -0.3 is 15.5 Å². The van der Waals surface area contributed by atoms with E-state index in [1.54, 1.807) is 18.2 Å². The first kappa shape index (κ1) is 17.7. The molecule has 2 amide bonds. The van der Waals surface area contributed by atoms with E-state index >= 15 is 0 Å². The Kier molecular flexibility index (Phi) is 5.32. The Balaban J connectivity index is 1.71. The molecule has 1 aromatic carbocycles. The van der Waals surface area contributed by atoms with Crippen molar-refractivity contribution in [3.63, 3.8) is 0 Å². The minimum atomic E-state index is -0.580. The zero-order valence-electron chi connectivity index (χ0n) is 13.4. The Morgan fingerprint density at radius 3 is 2.81 bits per heavy atom. The molecule has 8 nitrogen and oxygen atoms in total. The third-order valence-corrected chi connectivity index (χ3v) is 4.18. The predicted octanol–water partition coefficient (Wildman–Crippen LogP) is 1.89. The van der Waals surface area contributed by atoms with Crippen LogP contribution in [-0.4, -0.2) is 32.3 Å². The van der Waals surface area contributed by atoms with Crippen LogP contribution in [0.2, 0.25) is 0 Å². The van der Waals surface area contributed by atoms with Gasteiger partial charge in [0, 0.05) is 5.69 Å². The fourth-order valence-corrected chi connectivity index (χ4v) is 2.91. The maximum Gasteiger partial charge on any atom is 0.237 e. The van der Waals surface area contributed by atoms with Gasteiger partial charge in [-0.15, -0.1) is 10.2 Å². The first-order valence-corrected chi connectivity index (χ1v) is 8.45. The Hall–Kier alpha value is -3.14. The van der Waals surface area contributed by atoms with Gasteiger partial charge in [0.05, 0.1) is 12.0 Å². The van der Waals surface area contributed by atoms with Gasteiger partial charge in [-0.25, -0.2) is 4.39 Å². The number of hydrogen-bond donors (Lipinski definition) is 2. The molecule has 3 aromatic rings. The lowest BCUT2D eigenvalue weighted by molar-refractivity contribution is -0.118. The normalized spacial score (nSPS) is 10.7. The van der Waals surface area contributed by atoms with Gasteiger partial charge >= 0.3 is 0 Å². The summed E-state index contributed by atoms with van der Waals surface area (Å²) in [4.78, 5) is 23.4. The molecule has 0 aliphatic heterocycles. The van der Waals surface area contributed by atoms with E-state index in [9.17, 15) is 14.0 Å². The van der Waals surface area contributed by atoms with Crippen molar-refractivity contribution in [2.75, 3.05) is 11.1 Å². The summed E-state index contributed by atoms with van der Waals surface area (Å²) in [6.45, 7) is -0.156. The molecule has 0 saturated carbocycles. The average molecular weight is 375 g/mol. The molecule has 0 bridgehead atoms. The number of carbonyl (C=O) groups is 2. The SMILES string of the molecule is NC(=O)Cn1c(SCC(=O)Nc2cccc(F)c2)nnc1-c1ccco1. The highest BCUT2D eigenvalue weighted by molar-refractivity contribution is 7.99. The zero-order valence-corrected chi connectivity index (χ0v) is 14.2. The van der Waals surface area contributed by atoms with Gasteiger partial charge in [-0.2, -0.15) is 0 Å². The summed E-state index contributed by atoms with van der Waals surface area (Å²) in [5.41, 5.74) is 5.63. The highest BCUT2D eigenvalue weighted by Crippen LogP contribution is 2.24. The summed E-state index contributed by atoms with van der Waals surface area (Å²) in [6, 6.07) is 8.93. The van der Waals surface area contributed by atoms with E-state index in [0.29, 0.717) is 22.4 Å². The quantitative estimate of drug-likeness (QED) is 0.609. The first-order chi connectivity index (χ1) is 12.5. The molecule has 3 N–H and O–H groups in total. The molecule has 3 rings (SSSR count). The monoisotopic (exact) mass is 375 g/mol. The van der Waals surface area contributed by atoms with Crippen molar-refractivity contribution in [2.24, 2.45) is 5.73 Å². The average Bonchev–Trinajstić information content (AvgIpc) is 3.22. The summed E-state index contributed by atoms with van der Waals surface area (Å²) in [6.07, 6.45) is 1.47. The number of carbonyl (C=O) groups excluding carboxylic acids is 2. The number of benzene rings is 1. The third kappa shape index (κ3) is 4.28. The van der Waals surface area contributed by atoms with E-state index in [1.807, 2.05) is 0 Å². The van der Waals surface area contributed by atoms with Crippen LogP contribution < -0.4 is 11.1 Å². The fraction of sp³-hybridized carbons (Fsp3) is 0.125. The van der Waals surface area contributed by atoms with Crippen LogP contribution in [0, 0.1) is 5.82 Å². The summed E-state index contributed by atoms with van der Waals surface area (Å²) in [7, 11) is 0. The molecule has 0 spiro atoms. The van der Waals surface area contributed by atoms with Crippen molar-refractivity contribution >= 4 is 29.3 Å². The number of rotatable bonds is 7. The highest BCUT2D eigenvalue weighted by Gasteiger charge is 2.18. The number of amides is 2. The molecule has 0 aliphatic rings. The van der Waals surface area contributed by atoms with Crippen LogP contribution in [-0.2, 0) is 16.1 Å². The second kappa shape index (κ2) is 7.83. The molecule has 134 valence electrons. The van der Waals surface area contributed by atoms with Crippen molar-refractivity contribution in [3.8, 4) is 11.6 Å². The number of aromatic nitrogens is 3. The molecule has 0 aliphatic carbocycles. The van der Waals surface area contributed by atoms with E-state index < -0.39 is 11.7 Å². The van der Waals surface area contributed by atoms with Crippen molar-refractivity contribution in [2.45, 2.75) is 11.7 Å². The number of nitrogens with two attached hydrogens (primary N) is 1. The molecule has 26 heavy (non-hydrogen) atoms. The van der Waals surface area contributed by atoms with Crippen molar-refractivity contribution in [1.82, 2.24) is 14.8 Å². The number of halogens is 1. The van der Waals surface area contributed by atoms with Crippen LogP contribution in [0.3, 0.4) is 0 Å². The number of anilines is 1. The Morgan fingerprint density at radius 1 is 1.27 bits per heavy atom. The van der Waals surface area contributed by atoms with Gasteiger partial charge in [-0.1, -0.05) is 17.8 Å². The van der Waals surface area contributed by atoms with Gasteiger partial charge in [0.2, 0.25) is 17.6 Å². The lowest BCUT2D eigenvalue weighted by Crippen LogP contribution is -2.20. The van der Waals surface area contributed by atoms with E-state index in [-0.39, 0.29) is 18.2 Å². The molecule has 0 radical (unpaired) electrons. The second-order valence-electron chi connectivity index (χ2n) is 5.18. The second-order valence-corrected chi connectivity index (χ2v) is 6.13. The smallest absolute Gasteiger partial charge is 0.237 e. The summed E-state index contributed by atoms with van der Waals surface area (Å²) < 4.78 is 19.9. The van der Waals surface area contributed by atoms with Crippen LogP contribution in [0.25, 0.3) is 11.6 Å². The van der Waals surface area contributed by atoms with E-state index in [1.165, 1.54) is 29.0 Å². The zero-order chi connectivity index (χ0) is 18.5. The number of primary amides is 1. The van der Waals surface area contributed by atoms with Crippen molar-refractivity contribution < 1.29 is 18.4 Å². The molecule has 2 heterocycles. The molecule has 0 unspecified atom stereocenters. The molecule has 10 heteroatoms. The molecular formula is C16H14FN5O3S. The molecule has 0 saturated heterocycles. The number of hydrogen-bond acceptors (Lipinski definition) is 6. The van der Waals surface area contributed by atoms with Crippen molar-refractivity contribution in [1.29, 1.82) is 0 Å².